The van der Waals surface area contributed by atoms with Crippen LogP contribution in [-0.2, 0) is 16.1 Å². The molecular formula is C20H23NO3. The van der Waals surface area contributed by atoms with E-state index in [-0.39, 0.29) is 12.1 Å². The lowest BCUT2D eigenvalue weighted by Crippen LogP contribution is -2.40. The standard InChI is InChI=1S/C20H23NO3/c1-2-23-20(22)13-12-17-15-21(14-16-8-4-3-5-9-16)18-10-6-7-11-19(18)24-17/h3-11,17H,2,12-15H2,1H3. The molecule has 24 heavy (non-hydrogen) atoms. The van der Waals surface area contributed by atoms with Gasteiger partial charge in [0.1, 0.15) is 11.9 Å². The van der Waals surface area contributed by atoms with Crippen molar-refractivity contribution in [2.75, 3.05) is 18.1 Å². The van der Waals surface area contributed by atoms with Crippen molar-refractivity contribution >= 4 is 11.7 Å². The zero-order valence-electron chi connectivity index (χ0n) is 14.0. The van der Waals surface area contributed by atoms with Crippen molar-refractivity contribution in [2.24, 2.45) is 0 Å². The Hall–Kier alpha value is -2.49. The lowest BCUT2D eigenvalue weighted by molar-refractivity contribution is -0.143. The zero-order chi connectivity index (χ0) is 16.8. The Morgan fingerprint density at radius 1 is 1.17 bits per heavy atom. The second-order valence-corrected chi connectivity index (χ2v) is 5.92. The van der Waals surface area contributed by atoms with Crippen molar-refractivity contribution < 1.29 is 14.3 Å². The molecular weight excluding hydrogens is 302 g/mol. The molecule has 0 aliphatic carbocycles. The Kier molecular flexibility index (Phi) is 5.36. The third-order valence-corrected chi connectivity index (χ3v) is 4.12. The van der Waals surface area contributed by atoms with Crippen molar-refractivity contribution in [3.63, 3.8) is 0 Å². The van der Waals surface area contributed by atoms with Crippen molar-refractivity contribution in [2.45, 2.75) is 32.4 Å². The fraction of sp³-hybridized carbons (Fsp3) is 0.350. The predicted octanol–water partition coefficient (Wildman–Crippen LogP) is 3.80. The average molecular weight is 325 g/mol. The Morgan fingerprint density at radius 2 is 1.92 bits per heavy atom. The van der Waals surface area contributed by atoms with Crippen LogP contribution in [0.25, 0.3) is 0 Å². The maximum absolute atomic E-state index is 11.6. The number of carbonyl (C=O) groups excluding carboxylic acids is 1. The molecule has 0 radical (unpaired) electrons. The van der Waals surface area contributed by atoms with Gasteiger partial charge >= 0.3 is 5.97 Å². The van der Waals surface area contributed by atoms with E-state index in [0.717, 1.165) is 24.5 Å². The number of anilines is 1. The van der Waals surface area contributed by atoms with Gasteiger partial charge in [-0.3, -0.25) is 4.79 Å². The number of esters is 1. The van der Waals surface area contributed by atoms with Crippen LogP contribution in [0.4, 0.5) is 5.69 Å². The van der Waals surface area contributed by atoms with E-state index in [1.807, 2.05) is 31.2 Å². The van der Waals surface area contributed by atoms with Crippen molar-refractivity contribution in [1.29, 1.82) is 0 Å². The van der Waals surface area contributed by atoms with E-state index in [2.05, 4.69) is 35.2 Å². The number of nitrogens with zero attached hydrogens (tertiary/aromatic N) is 1. The zero-order valence-corrected chi connectivity index (χ0v) is 14.0. The van der Waals surface area contributed by atoms with E-state index < -0.39 is 0 Å². The molecule has 3 rings (SSSR count). The van der Waals surface area contributed by atoms with E-state index >= 15 is 0 Å². The summed E-state index contributed by atoms with van der Waals surface area (Å²) < 4.78 is 11.1. The van der Waals surface area contributed by atoms with Crippen LogP contribution in [0.15, 0.2) is 54.6 Å². The van der Waals surface area contributed by atoms with Gasteiger partial charge in [0.05, 0.1) is 18.8 Å². The summed E-state index contributed by atoms with van der Waals surface area (Å²) in [5.74, 6) is 0.725. The van der Waals surface area contributed by atoms with E-state index in [9.17, 15) is 4.79 Å². The monoisotopic (exact) mass is 325 g/mol. The number of benzene rings is 2. The highest BCUT2D eigenvalue weighted by molar-refractivity contribution is 5.69. The number of rotatable bonds is 6. The quantitative estimate of drug-likeness (QED) is 0.757. The summed E-state index contributed by atoms with van der Waals surface area (Å²) in [5.41, 5.74) is 2.37. The van der Waals surface area contributed by atoms with Gasteiger partial charge in [-0.15, -0.1) is 0 Å². The molecule has 1 heterocycles. The fourth-order valence-corrected chi connectivity index (χ4v) is 2.99. The molecule has 126 valence electrons. The first-order valence-electron chi connectivity index (χ1n) is 8.46. The van der Waals surface area contributed by atoms with Crippen molar-refractivity contribution in [3.05, 3.63) is 60.2 Å². The second-order valence-electron chi connectivity index (χ2n) is 5.92. The fourth-order valence-electron chi connectivity index (χ4n) is 2.99. The van der Waals surface area contributed by atoms with Gasteiger partial charge in [-0.05, 0) is 31.0 Å². The molecule has 2 aromatic rings. The SMILES string of the molecule is CCOC(=O)CCC1CN(Cc2ccccc2)c2ccccc2O1. The highest BCUT2D eigenvalue weighted by Crippen LogP contribution is 2.34. The third-order valence-electron chi connectivity index (χ3n) is 4.12. The molecule has 1 aliphatic heterocycles. The number of hydrogen-bond donors (Lipinski definition) is 0. The number of carbonyl (C=O) groups is 1. The lowest BCUT2D eigenvalue weighted by Gasteiger charge is -2.36. The minimum atomic E-state index is -0.158. The molecule has 0 saturated heterocycles. The van der Waals surface area contributed by atoms with Gasteiger partial charge in [-0.2, -0.15) is 0 Å². The van der Waals surface area contributed by atoms with Gasteiger partial charge in [0.15, 0.2) is 0 Å². The molecule has 0 bridgehead atoms. The Bertz CT molecular complexity index is 672. The Labute approximate surface area is 143 Å². The van der Waals surface area contributed by atoms with Crippen LogP contribution in [0, 0.1) is 0 Å². The average Bonchev–Trinajstić information content (AvgIpc) is 2.61. The van der Waals surface area contributed by atoms with Gasteiger partial charge in [0, 0.05) is 13.0 Å². The van der Waals surface area contributed by atoms with Gasteiger partial charge in [-0.25, -0.2) is 0 Å². The Balaban J connectivity index is 1.71. The van der Waals surface area contributed by atoms with Crippen LogP contribution in [0.2, 0.25) is 0 Å². The van der Waals surface area contributed by atoms with Crippen molar-refractivity contribution in [3.8, 4) is 5.75 Å². The first-order chi connectivity index (χ1) is 11.8. The number of fused-ring (bicyclic) bond motifs is 1. The minimum Gasteiger partial charge on any atom is -0.486 e. The molecule has 0 spiro atoms. The third kappa shape index (κ3) is 4.07. The summed E-state index contributed by atoms with van der Waals surface area (Å²) in [5, 5.41) is 0. The Morgan fingerprint density at radius 3 is 2.71 bits per heavy atom. The first-order valence-corrected chi connectivity index (χ1v) is 8.46. The van der Waals surface area contributed by atoms with Crippen molar-refractivity contribution in [1.82, 2.24) is 0 Å². The molecule has 4 nitrogen and oxygen atoms in total. The highest BCUT2D eigenvalue weighted by atomic mass is 16.5. The molecule has 1 aliphatic rings. The molecule has 0 N–H and O–H groups in total. The molecule has 0 aromatic heterocycles. The molecule has 0 saturated carbocycles. The van der Waals surface area contributed by atoms with Crippen LogP contribution in [0.1, 0.15) is 25.3 Å². The summed E-state index contributed by atoms with van der Waals surface area (Å²) in [6.45, 7) is 3.85. The molecule has 1 unspecified atom stereocenters. The van der Waals surface area contributed by atoms with Crippen LogP contribution in [-0.4, -0.2) is 25.2 Å². The lowest BCUT2D eigenvalue weighted by atomic mass is 10.1. The van der Waals surface area contributed by atoms with Gasteiger partial charge in [-0.1, -0.05) is 42.5 Å². The number of ether oxygens (including phenoxy) is 2. The topological polar surface area (TPSA) is 38.8 Å². The molecule has 1 atom stereocenters. The van der Waals surface area contributed by atoms with Crippen LogP contribution in [0.5, 0.6) is 5.75 Å². The highest BCUT2D eigenvalue weighted by Gasteiger charge is 2.26. The van der Waals surface area contributed by atoms with Gasteiger partial charge in [0.2, 0.25) is 0 Å². The molecule has 0 fully saturated rings. The molecule has 4 heteroatoms. The number of hydrogen-bond acceptors (Lipinski definition) is 4. The number of para-hydroxylation sites is 2. The first kappa shape index (κ1) is 16.4. The summed E-state index contributed by atoms with van der Waals surface area (Å²) in [6.07, 6.45) is 1.05. The second kappa shape index (κ2) is 7.86. The molecule has 0 amide bonds. The van der Waals surface area contributed by atoms with E-state index in [1.165, 1.54) is 5.56 Å². The maximum atomic E-state index is 11.6. The summed E-state index contributed by atoms with van der Waals surface area (Å²) >= 11 is 0. The molecule has 2 aromatic carbocycles. The van der Waals surface area contributed by atoms with Gasteiger partial charge < -0.3 is 14.4 Å². The largest absolute Gasteiger partial charge is 0.486 e. The van der Waals surface area contributed by atoms with Crippen LogP contribution < -0.4 is 9.64 Å². The summed E-state index contributed by atoms with van der Waals surface area (Å²) in [4.78, 5) is 13.9. The minimum absolute atomic E-state index is 0.00646. The maximum Gasteiger partial charge on any atom is 0.305 e. The normalized spacial score (nSPS) is 16.2. The summed E-state index contributed by atoms with van der Waals surface area (Å²) in [6, 6.07) is 18.5. The van der Waals surface area contributed by atoms with Crippen LogP contribution in [0.3, 0.4) is 0 Å². The van der Waals surface area contributed by atoms with Gasteiger partial charge in [0.25, 0.3) is 0 Å². The van der Waals surface area contributed by atoms with E-state index in [0.29, 0.717) is 19.4 Å². The predicted molar refractivity (Wildman–Crippen MR) is 94.2 cm³/mol. The summed E-state index contributed by atoms with van der Waals surface area (Å²) in [7, 11) is 0. The smallest absolute Gasteiger partial charge is 0.305 e. The van der Waals surface area contributed by atoms with Crippen LogP contribution >= 0.6 is 0 Å². The van der Waals surface area contributed by atoms with E-state index in [4.69, 9.17) is 9.47 Å². The van der Waals surface area contributed by atoms with E-state index in [1.54, 1.807) is 0 Å².